The number of nitrogens with two attached hydrogens (primary N) is 1. The first-order valence-corrected chi connectivity index (χ1v) is 6.79. The van der Waals surface area contributed by atoms with Crippen LogP contribution in [0.4, 0.5) is 5.69 Å². The van der Waals surface area contributed by atoms with E-state index in [0.29, 0.717) is 6.54 Å². The zero-order chi connectivity index (χ0) is 13.9. The minimum atomic E-state index is 0.0426. The second-order valence-corrected chi connectivity index (χ2v) is 4.87. The maximum atomic E-state index is 5.97. The third-order valence-electron chi connectivity index (χ3n) is 3.52. The van der Waals surface area contributed by atoms with Crippen molar-refractivity contribution in [3.05, 3.63) is 65.9 Å². The SMILES string of the molecule is Cc1oc2ccccc2c1C(CN)Nc1ccccc1. The van der Waals surface area contributed by atoms with Gasteiger partial charge in [-0.3, -0.25) is 0 Å². The normalized spacial score (nSPS) is 12.5. The van der Waals surface area contributed by atoms with Crippen molar-refractivity contribution in [1.29, 1.82) is 0 Å². The van der Waals surface area contributed by atoms with E-state index in [0.717, 1.165) is 28.0 Å². The quantitative estimate of drug-likeness (QED) is 0.754. The van der Waals surface area contributed by atoms with E-state index < -0.39 is 0 Å². The van der Waals surface area contributed by atoms with Gasteiger partial charge in [0.05, 0.1) is 6.04 Å². The lowest BCUT2D eigenvalue weighted by atomic mass is 10.0. The van der Waals surface area contributed by atoms with Crippen LogP contribution in [0.2, 0.25) is 0 Å². The fourth-order valence-corrected chi connectivity index (χ4v) is 2.61. The molecule has 3 aromatic rings. The van der Waals surface area contributed by atoms with Crippen molar-refractivity contribution in [2.24, 2.45) is 5.73 Å². The molecule has 20 heavy (non-hydrogen) atoms. The van der Waals surface area contributed by atoms with E-state index >= 15 is 0 Å². The van der Waals surface area contributed by atoms with Gasteiger partial charge in [-0.25, -0.2) is 0 Å². The molecule has 0 fully saturated rings. The van der Waals surface area contributed by atoms with Crippen LogP contribution in [0.5, 0.6) is 0 Å². The predicted molar refractivity (Wildman–Crippen MR) is 82.8 cm³/mol. The summed E-state index contributed by atoms with van der Waals surface area (Å²) < 4.78 is 5.82. The zero-order valence-electron chi connectivity index (χ0n) is 11.5. The Bertz CT molecular complexity index is 703. The highest BCUT2D eigenvalue weighted by molar-refractivity contribution is 5.83. The molecule has 3 N–H and O–H groups in total. The summed E-state index contributed by atoms with van der Waals surface area (Å²) in [4.78, 5) is 0. The van der Waals surface area contributed by atoms with Gasteiger partial charge in [0, 0.05) is 23.2 Å². The number of nitrogens with one attached hydrogen (secondary N) is 1. The third kappa shape index (κ3) is 2.28. The van der Waals surface area contributed by atoms with E-state index in [9.17, 15) is 0 Å². The van der Waals surface area contributed by atoms with Gasteiger partial charge in [-0.15, -0.1) is 0 Å². The molecular formula is C17H18N2O. The van der Waals surface area contributed by atoms with E-state index in [1.54, 1.807) is 0 Å². The van der Waals surface area contributed by atoms with Gasteiger partial charge in [-0.1, -0.05) is 36.4 Å². The van der Waals surface area contributed by atoms with Crippen LogP contribution in [0.1, 0.15) is 17.4 Å². The fourth-order valence-electron chi connectivity index (χ4n) is 2.61. The summed E-state index contributed by atoms with van der Waals surface area (Å²) >= 11 is 0. The Morgan fingerprint density at radius 2 is 1.75 bits per heavy atom. The number of fused-ring (bicyclic) bond motifs is 1. The molecule has 3 rings (SSSR count). The summed E-state index contributed by atoms with van der Waals surface area (Å²) in [6, 6.07) is 18.2. The summed E-state index contributed by atoms with van der Waals surface area (Å²) in [5, 5.41) is 4.61. The standard InChI is InChI=1S/C17H18N2O/c1-12-17(14-9-5-6-10-16(14)20-12)15(11-18)19-13-7-3-2-4-8-13/h2-10,15,19H,11,18H2,1H3. The van der Waals surface area contributed by atoms with Crippen LogP contribution >= 0.6 is 0 Å². The average Bonchev–Trinajstić information content (AvgIpc) is 2.82. The third-order valence-corrected chi connectivity index (χ3v) is 3.52. The minimum Gasteiger partial charge on any atom is -0.461 e. The Morgan fingerprint density at radius 3 is 2.50 bits per heavy atom. The van der Waals surface area contributed by atoms with E-state index in [2.05, 4.69) is 11.4 Å². The Labute approximate surface area is 118 Å². The molecule has 3 heteroatoms. The first-order chi connectivity index (χ1) is 9.79. The van der Waals surface area contributed by atoms with Crippen LogP contribution in [0, 0.1) is 6.92 Å². The van der Waals surface area contributed by atoms with Gasteiger partial charge in [0.1, 0.15) is 11.3 Å². The van der Waals surface area contributed by atoms with Crippen molar-refractivity contribution in [1.82, 2.24) is 0 Å². The Morgan fingerprint density at radius 1 is 1.05 bits per heavy atom. The van der Waals surface area contributed by atoms with Crippen molar-refractivity contribution in [3.63, 3.8) is 0 Å². The molecule has 0 aliphatic rings. The lowest BCUT2D eigenvalue weighted by Crippen LogP contribution is -2.21. The molecule has 0 saturated heterocycles. The first kappa shape index (κ1) is 12.8. The predicted octanol–water partition coefficient (Wildman–Crippen LogP) is 3.85. The summed E-state index contributed by atoms with van der Waals surface area (Å²) in [5.41, 5.74) is 9.09. The van der Waals surface area contributed by atoms with E-state index in [4.69, 9.17) is 10.2 Å². The average molecular weight is 266 g/mol. The number of benzene rings is 2. The maximum absolute atomic E-state index is 5.97. The van der Waals surface area contributed by atoms with E-state index in [1.165, 1.54) is 0 Å². The molecule has 2 aromatic carbocycles. The molecule has 0 aliphatic carbocycles. The van der Waals surface area contributed by atoms with Gasteiger partial charge in [0.2, 0.25) is 0 Å². The molecule has 102 valence electrons. The van der Waals surface area contributed by atoms with Gasteiger partial charge < -0.3 is 15.5 Å². The van der Waals surface area contributed by atoms with Crippen LogP contribution in [0.3, 0.4) is 0 Å². The van der Waals surface area contributed by atoms with Gasteiger partial charge in [-0.05, 0) is 25.1 Å². The summed E-state index contributed by atoms with van der Waals surface area (Å²) in [6.45, 7) is 2.50. The van der Waals surface area contributed by atoms with E-state index in [1.807, 2.05) is 55.5 Å². The Kier molecular flexibility index (Phi) is 3.44. The highest BCUT2D eigenvalue weighted by Crippen LogP contribution is 2.31. The number of aryl methyl sites for hydroxylation is 1. The summed E-state index contributed by atoms with van der Waals surface area (Å²) in [6.07, 6.45) is 0. The monoisotopic (exact) mass is 266 g/mol. The number of para-hydroxylation sites is 2. The first-order valence-electron chi connectivity index (χ1n) is 6.79. The maximum Gasteiger partial charge on any atom is 0.134 e. The summed E-state index contributed by atoms with van der Waals surface area (Å²) in [5.74, 6) is 0.921. The number of hydrogen-bond acceptors (Lipinski definition) is 3. The van der Waals surface area contributed by atoms with Crippen molar-refractivity contribution in [3.8, 4) is 0 Å². The fraction of sp³-hybridized carbons (Fsp3) is 0.176. The number of rotatable bonds is 4. The number of anilines is 1. The number of hydrogen-bond donors (Lipinski definition) is 2. The highest BCUT2D eigenvalue weighted by Gasteiger charge is 2.19. The van der Waals surface area contributed by atoms with E-state index in [-0.39, 0.29) is 6.04 Å². The van der Waals surface area contributed by atoms with Crippen LogP contribution in [0.15, 0.2) is 59.0 Å². The molecule has 1 aromatic heterocycles. The second kappa shape index (κ2) is 5.39. The molecule has 0 aliphatic heterocycles. The molecule has 1 atom stereocenters. The van der Waals surface area contributed by atoms with Crippen LogP contribution < -0.4 is 11.1 Å². The minimum absolute atomic E-state index is 0.0426. The van der Waals surface area contributed by atoms with Crippen molar-refractivity contribution >= 4 is 16.7 Å². The smallest absolute Gasteiger partial charge is 0.134 e. The second-order valence-electron chi connectivity index (χ2n) is 4.87. The lowest BCUT2D eigenvalue weighted by molar-refractivity contribution is 0.566. The van der Waals surface area contributed by atoms with Gasteiger partial charge in [0.25, 0.3) is 0 Å². The largest absolute Gasteiger partial charge is 0.461 e. The molecule has 3 nitrogen and oxygen atoms in total. The van der Waals surface area contributed by atoms with Gasteiger partial charge in [0.15, 0.2) is 0 Å². The molecule has 1 unspecified atom stereocenters. The van der Waals surface area contributed by atoms with Crippen molar-refractivity contribution in [2.75, 3.05) is 11.9 Å². The molecule has 0 saturated carbocycles. The molecule has 0 spiro atoms. The highest BCUT2D eigenvalue weighted by atomic mass is 16.3. The zero-order valence-corrected chi connectivity index (χ0v) is 11.5. The molecule has 0 bridgehead atoms. The van der Waals surface area contributed by atoms with Crippen molar-refractivity contribution in [2.45, 2.75) is 13.0 Å². The molecule has 0 amide bonds. The number of furan rings is 1. The van der Waals surface area contributed by atoms with Crippen molar-refractivity contribution < 1.29 is 4.42 Å². The van der Waals surface area contributed by atoms with Crippen LogP contribution in [0.25, 0.3) is 11.0 Å². The van der Waals surface area contributed by atoms with Crippen LogP contribution in [-0.4, -0.2) is 6.54 Å². The van der Waals surface area contributed by atoms with Gasteiger partial charge >= 0.3 is 0 Å². The lowest BCUT2D eigenvalue weighted by Gasteiger charge is -2.18. The Balaban J connectivity index is 2.01. The molecular weight excluding hydrogens is 248 g/mol. The topological polar surface area (TPSA) is 51.2 Å². The van der Waals surface area contributed by atoms with Crippen LogP contribution in [-0.2, 0) is 0 Å². The molecule has 1 heterocycles. The summed E-state index contributed by atoms with van der Waals surface area (Å²) in [7, 11) is 0. The van der Waals surface area contributed by atoms with Gasteiger partial charge in [-0.2, -0.15) is 0 Å². The Hall–Kier alpha value is -2.26. The molecule has 0 radical (unpaired) electrons.